The molecule has 0 spiro atoms. The minimum atomic E-state index is -0.202. The zero-order chi connectivity index (χ0) is 24.0. The minimum absolute atomic E-state index is 0.138. The molecule has 0 unspecified atom stereocenters. The number of nitrogens with one attached hydrogen (secondary N) is 1. The van der Waals surface area contributed by atoms with Crippen molar-refractivity contribution in [1.82, 2.24) is 19.7 Å². The number of aromatic nitrogens is 3. The lowest BCUT2D eigenvalue weighted by Crippen LogP contribution is -2.30. The van der Waals surface area contributed by atoms with Gasteiger partial charge in [-0.2, -0.15) is 4.68 Å². The van der Waals surface area contributed by atoms with E-state index in [-0.39, 0.29) is 11.5 Å². The number of thioether (sulfide) groups is 1. The lowest BCUT2D eigenvalue weighted by molar-refractivity contribution is -0.115. The Balaban J connectivity index is 1.53. The third kappa shape index (κ3) is 4.01. The van der Waals surface area contributed by atoms with E-state index >= 15 is 0 Å². The highest BCUT2D eigenvalue weighted by Crippen LogP contribution is 2.30. The SMILES string of the molecule is Cc1cc(C=C2SC(=Nc3ccc(Br)cc3)NC2=O)c(C)n1-n1c(C)nc2ccccc2c1=O. The van der Waals surface area contributed by atoms with Crippen molar-refractivity contribution in [2.75, 3.05) is 0 Å². The van der Waals surface area contributed by atoms with E-state index in [9.17, 15) is 9.59 Å². The molecule has 0 bridgehead atoms. The summed E-state index contributed by atoms with van der Waals surface area (Å²) in [5.41, 5.74) is 3.82. The highest BCUT2D eigenvalue weighted by molar-refractivity contribution is 9.10. The van der Waals surface area contributed by atoms with Crippen LogP contribution in [0, 0.1) is 20.8 Å². The van der Waals surface area contributed by atoms with Gasteiger partial charge in [0.1, 0.15) is 5.82 Å². The van der Waals surface area contributed by atoms with Crippen LogP contribution in [0.3, 0.4) is 0 Å². The molecule has 3 heterocycles. The third-order valence-electron chi connectivity index (χ3n) is 5.54. The minimum Gasteiger partial charge on any atom is -0.300 e. The molecule has 1 saturated heterocycles. The first kappa shape index (κ1) is 22.4. The van der Waals surface area contributed by atoms with Gasteiger partial charge in [-0.25, -0.2) is 9.98 Å². The van der Waals surface area contributed by atoms with Crippen molar-refractivity contribution < 1.29 is 4.79 Å². The van der Waals surface area contributed by atoms with Crippen LogP contribution in [-0.4, -0.2) is 25.4 Å². The normalized spacial score (nSPS) is 16.1. The summed E-state index contributed by atoms with van der Waals surface area (Å²) in [6.07, 6.45) is 1.83. The zero-order valence-electron chi connectivity index (χ0n) is 18.7. The van der Waals surface area contributed by atoms with Crippen LogP contribution in [0.5, 0.6) is 0 Å². The molecule has 170 valence electrons. The first-order valence-electron chi connectivity index (χ1n) is 10.5. The monoisotopic (exact) mass is 533 g/mol. The van der Waals surface area contributed by atoms with E-state index in [1.54, 1.807) is 10.7 Å². The van der Waals surface area contributed by atoms with Crippen LogP contribution in [0.1, 0.15) is 22.8 Å². The summed E-state index contributed by atoms with van der Waals surface area (Å²) < 4.78 is 4.39. The number of halogens is 1. The molecule has 9 heteroatoms. The molecule has 7 nitrogen and oxygen atoms in total. The highest BCUT2D eigenvalue weighted by atomic mass is 79.9. The van der Waals surface area contributed by atoms with Crippen LogP contribution < -0.4 is 10.9 Å². The predicted molar refractivity (Wildman–Crippen MR) is 140 cm³/mol. The molecular weight excluding hydrogens is 514 g/mol. The van der Waals surface area contributed by atoms with Gasteiger partial charge in [-0.3, -0.25) is 14.3 Å². The average molecular weight is 534 g/mol. The summed E-state index contributed by atoms with van der Waals surface area (Å²) in [6.45, 7) is 5.67. The average Bonchev–Trinajstić information content (AvgIpc) is 3.28. The van der Waals surface area contributed by atoms with Gasteiger partial charge in [-0.15, -0.1) is 0 Å². The van der Waals surface area contributed by atoms with Crippen molar-refractivity contribution in [1.29, 1.82) is 0 Å². The van der Waals surface area contributed by atoms with Gasteiger partial charge in [0.15, 0.2) is 5.17 Å². The molecule has 2 aromatic carbocycles. The summed E-state index contributed by atoms with van der Waals surface area (Å²) in [7, 11) is 0. The maximum absolute atomic E-state index is 13.3. The molecule has 2 aromatic heterocycles. The van der Waals surface area contributed by atoms with Crippen molar-refractivity contribution in [3.63, 3.8) is 0 Å². The van der Waals surface area contributed by atoms with Gasteiger partial charge >= 0.3 is 0 Å². The van der Waals surface area contributed by atoms with Crippen LogP contribution >= 0.6 is 27.7 Å². The van der Waals surface area contributed by atoms with Gasteiger partial charge in [-0.1, -0.05) is 28.1 Å². The van der Waals surface area contributed by atoms with E-state index < -0.39 is 0 Å². The molecule has 0 atom stereocenters. The van der Waals surface area contributed by atoms with E-state index in [0.717, 1.165) is 27.1 Å². The first-order valence-corrected chi connectivity index (χ1v) is 12.2. The molecule has 1 fully saturated rings. The molecule has 0 aliphatic carbocycles. The smallest absolute Gasteiger partial charge is 0.280 e. The number of aliphatic imine (C=N–C) groups is 1. The number of rotatable bonds is 3. The number of carbonyl (C=O) groups is 1. The Hall–Kier alpha value is -3.43. The van der Waals surface area contributed by atoms with E-state index in [1.165, 1.54) is 11.8 Å². The van der Waals surface area contributed by atoms with E-state index in [0.29, 0.717) is 26.8 Å². The standard InChI is InChI=1S/C25H20BrN5O2S/c1-14-12-17(13-22-23(32)29-25(34-22)28-19-10-8-18(26)9-11-19)15(2)30(14)31-16(3)27-21-7-5-4-6-20(21)24(31)33/h4-13H,1-3H3,(H,28,29,32). The number of hydrogen-bond acceptors (Lipinski definition) is 5. The summed E-state index contributed by atoms with van der Waals surface area (Å²) in [6, 6.07) is 16.8. The first-order chi connectivity index (χ1) is 16.3. The Kier molecular flexibility index (Phi) is 5.75. The maximum Gasteiger partial charge on any atom is 0.280 e. The van der Waals surface area contributed by atoms with Crippen LogP contribution in [-0.2, 0) is 4.79 Å². The number of amides is 1. The number of benzene rings is 2. The van der Waals surface area contributed by atoms with Gasteiger partial charge in [0, 0.05) is 15.9 Å². The van der Waals surface area contributed by atoms with Crippen LogP contribution in [0.2, 0.25) is 0 Å². The number of fused-ring (bicyclic) bond motifs is 1. The number of carbonyl (C=O) groups excluding carboxylic acids is 1. The lowest BCUT2D eigenvalue weighted by Gasteiger charge is -2.16. The van der Waals surface area contributed by atoms with Gasteiger partial charge in [-0.05, 0) is 86.6 Å². The Bertz CT molecular complexity index is 1580. The fourth-order valence-corrected chi connectivity index (χ4v) is 5.05. The zero-order valence-corrected chi connectivity index (χ0v) is 21.1. The molecule has 1 aliphatic rings. The molecular formula is C25H20BrN5O2S. The Morgan fingerprint density at radius 3 is 2.53 bits per heavy atom. The van der Waals surface area contributed by atoms with Crippen molar-refractivity contribution in [2.45, 2.75) is 20.8 Å². The second-order valence-corrected chi connectivity index (χ2v) is 9.84. The fraction of sp³-hybridized carbons (Fsp3) is 0.120. The molecule has 1 aliphatic heterocycles. The highest BCUT2D eigenvalue weighted by Gasteiger charge is 2.25. The van der Waals surface area contributed by atoms with E-state index in [2.05, 4.69) is 31.2 Å². The van der Waals surface area contributed by atoms with E-state index in [1.807, 2.05) is 80.1 Å². The second-order valence-electron chi connectivity index (χ2n) is 7.89. The van der Waals surface area contributed by atoms with Crippen LogP contribution in [0.25, 0.3) is 17.0 Å². The molecule has 1 amide bonds. The van der Waals surface area contributed by atoms with Crippen molar-refractivity contribution >= 4 is 61.4 Å². The number of aryl methyl sites for hydroxylation is 2. The summed E-state index contributed by atoms with van der Waals surface area (Å²) in [5.74, 6) is 0.382. The van der Waals surface area contributed by atoms with Crippen LogP contribution in [0.15, 0.2) is 73.8 Å². The molecule has 4 aromatic rings. The lowest BCUT2D eigenvalue weighted by atomic mass is 10.2. The van der Waals surface area contributed by atoms with Gasteiger partial charge in [0.2, 0.25) is 0 Å². The topological polar surface area (TPSA) is 81.3 Å². The third-order valence-corrected chi connectivity index (χ3v) is 6.98. The Morgan fingerprint density at radius 1 is 1.03 bits per heavy atom. The maximum atomic E-state index is 13.3. The summed E-state index contributed by atoms with van der Waals surface area (Å²) in [4.78, 5) is 35.6. The summed E-state index contributed by atoms with van der Waals surface area (Å²) in [5, 5.41) is 3.90. The predicted octanol–water partition coefficient (Wildman–Crippen LogP) is 5.09. The quantitative estimate of drug-likeness (QED) is 0.372. The molecule has 0 radical (unpaired) electrons. The number of para-hydroxylation sites is 1. The van der Waals surface area contributed by atoms with Gasteiger partial charge < -0.3 is 5.32 Å². The largest absolute Gasteiger partial charge is 0.300 e. The van der Waals surface area contributed by atoms with Crippen molar-refractivity contribution in [3.05, 3.63) is 97.1 Å². The summed E-state index contributed by atoms with van der Waals surface area (Å²) >= 11 is 4.70. The Labute approximate surface area is 208 Å². The van der Waals surface area contributed by atoms with Crippen molar-refractivity contribution in [3.8, 4) is 0 Å². The fourth-order valence-electron chi connectivity index (χ4n) is 3.96. The van der Waals surface area contributed by atoms with Crippen LogP contribution in [0.4, 0.5) is 5.69 Å². The van der Waals surface area contributed by atoms with E-state index in [4.69, 9.17) is 0 Å². The number of amidine groups is 1. The Morgan fingerprint density at radius 2 is 1.76 bits per heavy atom. The molecule has 5 rings (SSSR count). The molecule has 34 heavy (non-hydrogen) atoms. The number of hydrogen-bond donors (Lipinski definition) is 1. The van der Waals surface area contributed by atoms with Gasteiger partial charge in [0.25, 0.3) is 11.5 Å². The van der Waals surface area contributed by atoms with Gasteiger partial charge in [0.05, 0.1) is 21.5 Å². The van der Waals surface area contributed by atoms with Crippen molar-refractivity contribution in [2.24, 2.45) is 4.99 Å². The number of nitrogens with zero attached hydrogens (tertiary/aromatic N) is 4. The molecule has 0 saturated carbocycles. The molecule has 1 N–H and O–H groups in total. The second kappa shape index (κ2) is 8.73.